The summed E-state index contributed by atoms with van der Waals surface area (Å²) >= 11 is 0. The quantitative estimate of drug-likeness (QED) is 0.844. The van der Waals surface area contributed by atoms with Crippen LogP contribution in [0.4, 0.5) is 0 Å². The van der Waals surface area contributed by atoms with Gasteiger partial charge in [0.25, 0.3) is 5.78 Å². The summed E-state index contributed by atoms with van der Waals surface area (Å²) in [7, 11) is 0. The van der Waals surface area contributed by atoms with E-state index in [0.29, 0.717) is 12.5 Å². The lowest BCUT2D eigenvalue weighted by atomic mass is 10.1. The molecule has 2 aromatic rings. The van der Waals surface area contributed by atoms with Crippen molar-refractivity contribution >= 4 is 5.78 Å². The van der Waals surface area contributed by atoms with Crippen molar-refractivity contribution in [3.05, 3.63) is 17.2 Å². The third-order valence-electron chi connectivity index (χ3n) is 3.73. The van der Waals surface area contributed by atoms with Gasteiger partial charge >= 0.3 is 0 Å². The van der Waals surface area contributed by atoms with E-state index in [2.05, 4.69) is 15.1 Å². The monoisotopic (exact) mass is 233 g/mol. The Morgan fingerprint density at radius 3 is 2.82 bits per heavy atom. The fraction of sp³-hybridized carbons (Fsp3) is 0.667. The van der Waals surface area contributed by atoms with E-state index in [1.165, 1.54) is 31.4 Å². The number of aromatic nitrogens is 4. The Labute approximate surface area is 100 Å². The van der Waals surface area contributed by atoms with Gasteiger partial charge in [-0.1, -0.05) is 12.8 Å². The number of fused-ring (bicyclic) bond motifs is 1. The Kier molecular flexibility index (Phi) is 2.63. The Morgan fingerprint density at radius 1 is 1.35 bits per heavy atom. The van der Waals surface area contributed by atoms with Gasteiger partial charge in [0.2, 0.25) is 0 Å². The third-order valence-corrected chi connectivity index (χ3v) is 3.73. The van der Waals surface area contributed by atoms with E-state index in [4.69, 9.17) is 5.73 Å². The molecule has 0 radical (unpaired) electrons. The van der Waals surface area contributed by atoms with E-state index in [0.717, 1.165) is 23.7 Å². The van der Waals surface area contributed by atoms with Crippen molar-refractivity contribution in [2.45, 2.75) is 44.9 Å². The summed E-state index contributed by atoms with van der Waals surface area (Å²) in [5.74, 6) is 2.50. The van der Waals surface area contributed by atoms with Crippen LogP contribution < -0.4 is 5.73 Å². The van der Waals surface area contributed by atoms with E-state index >= 15 is 0 Å². The van der Waals surface area contributed by atoms with Crippen molar-refractivity contribution in [1.82, 2.24) is 19.6 Å². The SMILES string of the molecule is Cc1nc2nc(C3CCCC3)[nH]n2c1CCN. The first kappa shape index (κ1) is 10.8. The topological polar surface area (TPSA) is 72.0 Å². The molecule has 3 rings (SSSR count). The highest BCUT2D eigenvalue weighted by molar-refractivity contribution is 5.35. The van der Waals surface area contributed by atoms with Gasteiger partial charge in [-0.2, -0.15) is 4.98 Å². The highest BCUT2D eigenvalue weighted by atomic mass is 15.3. The molecule has 92 valence electrons. The van der Waals surface area contributed by atoms with Gasteiger partial charge in [-0.05, 0) is 26.3 Å². The fourth-order valence-electron chi connectivity index (χ4n) is 2.80. The standard InChI is InChI=1S/C12H19N5/c1-8-10(6-7-13)17-12(14-8)15-11(16-17)9-4-2-3-5-9/h9H,2-7,13H2,1H3,(H,14,15,16). The number of nitrogens with one attached hydrogen (secondary N) is 1. The van der Waals surface area contributed by atoms with Gasteiger partial charge < -0.3 is 5.73 Å². The molecular weight excluding hydrogens is 214 g/mol. The van der Waals surface area contributed by atoms with Crippen LogP contribution in [0.2, 0.25) is 0 Å². The molecule has 1 fully saturated rings. The Morgan fingerprint density at radius 2 is 2.12 bits per heavy atom. The fourth-order valence-corrected chi connectivity index (χ4v) is 2.80. The molecule has 1 saturated carbocycles. The molecule has 2 heterocycles. The van der Waals surface area contributed by atoms with Gasteiger partial charge in [-0.3, -0.25) is 5.10 Å². The van der Waals surface area contributed by atoms with Crippen LogP contribution in [-0.4, -0.2) is 26.1 Å². The molecule has 0 saturated heterocycles. The van der Waals surface area contributed by atoms with Gasteiger partial charge in [-0.25, -0.2) is 9.50 Å². The van der Waals surface area contributed by atoms with Crippen LogP contribution in [0.25, 0.3) is 5.78 Å². The van der Waals surface area contributed by atoms with Crippen LogP contribution in [0, 0.1) is 6.92 Å². The first-order chi connectivity index (χ1) is 8.29. The van der Waals surface area contributed by atoms with Gasteiger partial charge in [0, 0.05) is 12.3 Å². The van der Waals surface area contributed by atoms with Crippen LogP contribution >= 0.6 is 0 Å². The molecule has 0 amide bonds. The first-order valence-corrected chi connectivity index (χ1v) is 6.43. The second-order valence-corrected chi connectivity index (χ2v) is 4.91. The molecule has 1 aliphatic carbocycles. The minimum absolute atomic E-state index is 0.600. The lowest BCUT2D eigenvalue weighted by Crippen LogP contribution is -2.07. The molecule has 0 spiro atoms. The largest absolute Gasteiger partial charge is 0.330 e. The summed E-state index contributed by atoms with van der Waals surface area (Å²) in [6, 6.07) is 0. The normalized spacial score (nSPS) is 17.3. The van der Waals surface area contributed by atoms with Crippen molar-refractivity contribution in [3.8, 4) is 0 Å². The van der Waals surface area contributed by atoms with Crippen LogP contribution in [0.3, 0.4) is 0 Å². The molecule has 0 aromatic carbocycles. The first-order valence-electron chi connectivity index (χ1n) is 6.43. The molecule has 0 aliphatic heterocycles. The summed E-state index contributed by atoms with van der Waals surface area (Å²) in [6.07, 6.45) is 5.99. The smallest absolute Gasteiger partial charge is 0.251 e. The Hall–Kier alpha value is -1.36. The number of aryl methyl sites for hydroxylation is 1. The summed E-state index contributed by atoms with van der Waals surface area (Å²) in [5, 5.41) is 3.40. The second-order valence-electron chi connectivity index (χ2n) is 4.91. The minimum atomic E-state index is 0.600. The predicted molar refractivity (Wildman–Crippen MR) is 66.0 cm³/mol. The average Bonchev–Trinajstić information content (AvgIpc) is 2.96. The zero-order valence-corrected chi connectivity index (χ0v) is 10.2. The lowest BCUT2D eigenvalue weighted by molar-refractivity contribution is 0.660. The second kappa shape index (κ2) is 4.14. The van der Waals surface area contributed by atoms with Crippen molar-refractivity contribution in [1.29, 1.82) is 0 Å². The van der Waals surface area contributed by atoms with E-state index in [9.17, 15) is 0 Å². The number of H-pyrrole nitrogens is 1. The maximum atomic E-state index is 5.63. The molecule has 5 heteroatoms. The summed E-state index contributed by atoms with van der Waals surface area (Å²) in [6.45, 7) is 2.66. The van der Waals surface area contributed by atoms with Crippen molar-refractivity contribution in [3.63, 3.8) is 0 Å². The Balaban J connectivity index is 2.01. The molecule has 2 aromatic heterocycles. The van der Waals surface area contributed by atoms with Crippen LogP contribution in [0.15, 0.2) is 0 Å². The molecule has 1 aliphatic rings. The van der Waals surface area contributed by atoms with E-state index < -0.39 is 0 Å². The molecule has 0 atom stereocenters. The highest BCUT2D eigenvalue weighted by Gasteiger charge is 2.22. The predicted octanol–water partition coefficient (Wildman–Crippen LogP) is 1.52. The average molecular weight is 233 g/mol. The minimum Gasteiger partial charge on any atom is -0.330 e. The van der Waals surface area contributed by atoms with Gasteiger partial charge in [0.1, 0.15) is 5.82 Å². The molecule has 17 heavy (non-hydrogen) atoms. The van der Waals surface area contributed by atoms with Gasteiger partial charge in [0.05, 0.1) is 11.4 Å². The maximum absolute atomic E-state index is 5.63. The van der Waals surface area contributed by atoms with Crippen molar-refractivity contribution in [2.24, 2.45) is 5.73 Å². The van der Waals surface area contributed by atoms with Gasteiger partial charge in [-0.15, -0.1) is 0 Å². The molecule has 0 unspecified atom stereocenters. The van der Waals surface area contributed by atoms with Crippen LogP contribution in [0.5, 0.6) is 0 Å². The zero-order valence-electron chi connectivity index (χ0n) is 10.2. The van der Waals surface area contributed by atoms with Crippen molar-refractivity contribution in [2.75, 3.05) is 6.54 Å². The molecule has 3 N–H and O–H groups in total. The molecule has 5 nitrogen and oxygen atoms in total. The summed E-state index contributed by atoms with van der Waals surface area (Å²) in [4.78, 5) is 9.10. The van der Waals surface area contributed by atoms with Gasteiger partial charge in [0.15, 0.2) is 0 Å². The highest BCUT2D eigenvalue weighted by Crippen LogP contribution is 2.32. The zero-order chi connectivity index (χ0) is 11.8. The lowest BCUT2D eigenvalue weighted by Gasteiger charge is -2.03. The Bertz CT molecular complexity index is 518. The number of aromatic amines is 1. The maximum Gasteiger partial charge on any atom is 0.251 e. The summed E-state index contributed by atoms with van der Waals surface area (Å²) < 4.78 is 2.01. The van der Waals surface area contributed by atoms with E-state index in [-0.39, 0.29) is 0 Å². The number of hydrogen-bond acceptors (Lipinski definition) is 3. The van der Waals surface area contributed by atoms with E-state index in [1.807, 2.05) is 11.4 Å². The van der Waals surface area contributed by atoms with Crippen molar-refractivity contribution < 1.29 is 0 Å². The third kappa shape index (κ3) is 1.74. The van der Waals surface area contributed by atoms with E-state index in [1.54, 1.807) is 0 Å². The number of nitrogens with zero attached hydrogens (tertiary/aromatic N) is 3. The number of rotatable bonds is 3. The number of nitrogens with two attached hydrogens (primary N) is 1. The summed E-state index contributed by atoms with van der Waals surface area (Å²) in [5.41, 5.74) is 7.83. The van der Waals surface area contributed by atoms with Crippen LogP contribution in [0.1, 0.15) is 48.8 Å². The molecule has 0 bridgehead atoms. The number of hydrogen-bond donors (Lipinski definition) is 2. The van der Waals surface area contributed by atoms with Crippen LogP contribution in [-0.2, 0) is 6.42 Å². The number of imidazole rings is 1. The molecular formula is C12H19N5.